The van der Waals surface area contributed by atoms with E-state index in [1.807, 2.05) is 38.1 Å². The second kappa shape index (κ2) is 6.14. The summed E-state index contributed by atoms with van der Waals surface area (Å²) in [6.07, 6.45) is 4.68. The molecule has 2 heteroatoms. The minimum absolute atomic E-state index is 0.290. The summed E-state index contributed by atoms with van der Waals surface area (Å²) in [7, 11) is 1.64. The van der Waals surface area contributed by atoms with E-state index in [1.165, 1.54) is 5.57 Å². The van der Waals surface area contributed by atoms with Gasteiger partial charge in [0.2, 0.25) is 0 Å². The van der Waals surface area contributed by atoms with Gasteiger partial charge in [-0.2, -0.15) is 0 Å². The zero-order chi connectivity index (χ0) is 12.8. The van der Waals surface area contributed by atoms with Crippen molar-refractivity contribution >= 4 is 5.76 Å². The first kappa shape index (κ1) is 13.4. The molecule has 0 saturated carbocycles. The van der Waals surface area contributed by atoms with Crippen molar-refractivity contribution in [2.75, 3.05) is 7.11 Å². The molecule has 0 atom stereocenters. The Bertz CT molecular complexity index is 442. The van der Waals surface area contributed by atoms with Gasteiger partial charge in [-0.15, -0.1) is 0 Å². The standard InChI is InChI=1S/C15H20O2/c1-5-11(2)6-9-15(16)14-8-7-13(17-4)10-12(14)3/h6-10,16H,5H2,1-4H3/b11-6?,15-9+. The summed E-state index contributed by atoms with van der Waals surface area (Å²) in [5, 5.41) is 9.99. The van der Waals surface area contributed by atoms with E-state index in [0.717, 1.165) is 23.3 Å². The molecule has 0 aliphatic carbocycles. The second-order valence-electron chi connectivity index (χ2n) is 4.10. The maximum Gasteiger partial charge on any atom is 0.123 e. The zero-order valence-corrected chi connectivity index (χ0v) is 10.9. The van der Waals surface area contributed by atoms with E-state index in [-0.39, 0.29) is 5.76 Å². The Balaban J connectivity index is 3.00. The first-order chi connectivity index (χ1) is 8.08. The minimum atomic E-state index is 0.290. The Labute approximate surface area is 103 Å². The first-order valence-corrected chi connectivity index (χ1v) is 5.80. The van der Waals surface area contributed by atoms with Crippen molar-refractivity contribution in [2.24, 2.45) is 0 Å². The molecule has 0 bridgehead atoms. The number of aryl methyl sites for hydroxylation is 1. The molecule has 0 aromatic heterocycles. The smallest absolute Gasteiger partial charge is 0.123 e. The Morgan fingerprint density at radius 1 is 1.35 bits per heavy atom. The summed E-state index contributed by atoms with van der Waals surface area (Å²) in [6.45, 7) is 6.10. The van der Waals surface area contributed by atoms with Gasteiger partial charge in [-0.05, 0) is 50.1 Å². The highest BCUT2D eigenvalue weighted by atomic mass is 16.5. The Morgan fingerprint density at radius 3 is 2.59 bits per heavy atom. The maximum absolute atomic E-state index is 9.99. The van der Waals surface area contributed by atoms with E-state index < -0.39 is 0 Å². The van der Waals surface area contributed by atoms with Gasteiger partial charge in [0.05, 0.1) is 7.11 Å². The van der Waals surface area contributed by atoms with Crippen molar-refractivity contribution in [3.8, 4) is 5.75 Å². The van der Waals surface area contributed by atoms with Crippen LogP contribution in [0.15, 0.2) is 35.9 Å². The normalized spacial score (nSPS) is 12.7. The highest BCUT2D eigenvalue weighted by Gasteiger charge is 2.03. The number of allylic oxidation sites excluding steroid dienone is 3. The van der Waals surface area contributed by atoms with Gasteiger partial charge in [-0.25, -0.2) is 0 Å². The second-order valence-corrected chi connectivity index (χ2v) is 4.10. The molecule has 0 saturated heterocycles. The highest BCUT2D eigenvalue weighted by Crippen LogP contribution is 2.22. The van der Waals surface area contributed by atoms with E-state index in [2.05, 4.69) is 6.92 Å². The summed E-state index contributed by atoms with van der Waals surface area (Å²) in [4.78, 5) is 0. The predicted molar refractivity (Wildman–Crippen MR) is 72.4 cm³/mol. The van der Waals surface area contributed by atoms with Crippen molar-refractivity contribution in [3.05, 3.63) is 47.1 Å². The molecule has 0 unspecified atom stereocenters. The zero-order valence-electron chi connectivity index (χ0n) is 10.9. The van der Waals surface area contributed by atoms with Crippen molar-refractivity contribution in [1.82, 2.24) is 0 Å². The lowest BCUT2D eigenvalue weighted by Gasteiger charge is -2.07. The van der Waals surface area contributed by atoms with Gasteiger partial charge in [0.25, 0.3) is 0 Å². The summed E-state index contributed by atoms with van der Waals surface area (Å²) >= 11 is 0. The van der Waals surface area contributed by atoms with Crippen molar-refractivity contribution in [1.29, 1.82) is 0 Å². The number of benzene rings is 1. The number of methoxy groups -OCH3 is 1. The quantitative estimate of drug-likeness (QED) is 0.621. The number of ether oxygens (including phenoxy) is 1. The third kappa shape index (κ3) is 3.66. The molecule has 0 amide bonds. The van der Waals surface area contributed by atoms with E-state index in [9.17, 15) is 5.11 Å². The number of rotatable bonds is 4. The van der Waals surface area contributed by atoms with Crippen LogP contribution in [0.2, 0.25) is 0 Å². The summed E-state index contributed by atoms with van der Waals surface area (Å²) in [6, 6.07) is 5.63. The van der Waals surface area contributed by atoms with Crippen molar-refractivity contribution in [3.63, 3.8) is 0 Å². The Hall–Kier alpha value is -1.70. The predicted octanol–water partition coefficient (Wildman–Crippen LogP) is 4.26. The van der Waals surface area contributed by atoms with Gasteiger partial charge in [-0.1, -0.05) is 18.6 Å². The van der Waals surface area contributed by atoms with Crippen LogP contribution in [-0.2, 0) is 0 Å². The molecule has 0 radical (unpaired) electrons. The SMILES string of the molecule is CCC(C)=C/C=C(/O)c1ccc(OC)cc1C. The van der Waals surface area contributed by atoms with Crippen LogP contribution in [-0.4, -0.2) is 12.2 Å². The molecule has 0 fully saturated rings. The summed E-state index contributed by atoms with van der Waals surface area (Å²) < 4.78 is 5.13. The van der Waals surface area contributed by atoms with E-state index in [0.29, 0.717) is 0 Å². The fourth-order valence-electron chi connectivity index (χ4n) is 1.48. The summed E-state index contributed by atoms with van der Waals surface area (Å²) in [5.41, 5.74) is 3.08. The number of aliphatic hydroxyl groups excluding tert-OH is 1. The monoisotopic (exact) mass is 232 g/mol. The minimum Gasteiger partial charge on any atom is -0.507 e. The lowest BCUT2D eigenvalue weighted by Crippen LogP contribution is -1.90. The van der Waals surface area contributed by atoms with Crippen LogP contribution in [0.5, 0.6) is 5.75 Å². The van der Waals surface area contributed by atoms with Crippen LogP contribution in [0.1, 0.15) is 31.4 Å². The Morgan fingerprint density at radius 2 is 2.06 bits per heavy atom. The van der Waals surface area contributed by atoms with Crippen molar-refractivity contribution in [2.45, 2.75) is 27.2 Å². The topological polar surface area (TPSA) is 29.5 Å². The largest absolute Gasteiger partial charge is 0.507 e. The van der Waals surface area contributed by atoms with Crippen LogP contribution in [0.25, 0.3) is 5.76 Å². The third-order valence-corrected chi connectivity index (χ3v) is 2.79. The number of hydrogen-bond acceptors (Lipinski definition) is 2. The molecule has 0 aliphatic rings. The van der Waals surface area contributed by atoms with E-state index >= 15 is 0 Å². The van der Waals surface area contributed by atoms with Gasteiger partial charge >= 0.3 is 0 Å². The molecule has 17 heavy (non-hydrogen) atoms. The van der Waals surface area contributed by atoms with Crippen LogP contribution in [0.3, 0.4) is 0 Å². The average molecular weight is 232 g/mol. The highest BCUT2D eigenvalue weighted by molar-refractivity contribution is 5.64. The maximum atomic E-state index is 9.99. The molecule has 0 spiro atoms. The van der Waals surface area contributed by atoms with Crippen LogP contribution >= 0.6 is 0 Å². The molecule has 0 aliphatic heterocycles. The first-order valence-electron chi connectivity index (χ1n) is 5.80. The lowest BCUT2D eigenvalue weighted by molar-refractivity contribution is 0.414. The molecule has 92 valence electrons. The number of aliphatic hydroxyl groups is 1. The van der Waals surface area contributed by atoms with Gasteiger partial charge in [0, 0.05) is 5.56 Å². The molecule has 1 aromatic rings. The fourth-order valence-corrected chi connectivity index (χ4v) is 1.48. The lowest BCUT2D eigenvalue weighted by atomic mass is 10.1. The van der Waals surface area contributed by atoms with Crippen molar-refractivity contribution < 1.29 is 9.84 Å². The van der Waals surface area contributed by atoms with Gasteiger partial charge in [0.1, 0.15) is 11.5 Å². The molecule has 0 heterocycles. The van der Waals surface area contributed by atoms with Crippen LogP contribution < -0.4 is 4.74 Å². The third-order valence-electron chi connectivity index (χ3n) is 2.79. The number of hydrogen-bond donors (Lipinski definition) is 1. The molecule has 1 rings (SSSR count). The van der Waals surface area contributed by atoms with E-state index in [1.54, 1.807) is 13.2 Å². The van der Waals surface area contributed by atoms with Gasteiger partial charge in [-0.3, -0.25) is 0 Å². The van der Waals surface area contributed by atoms with E-state index in [4.69, 9.17) is 4.74 Å². The van der Waals surface area contributed by atoms with Crippen LogP contribution in [0, 0.1) is 6.92 Å². The molecule has 1 aromatic carbocycles. The molecular weight excluding hydrogens is 212 g/mol. The average Bonchev–Trinajstić information content (AvgIpc) is 2.35. The van der Waals surface area contributed by atoms with Gasteiger partial charge in [0.15, 0.2) is 0 Å². The molecule has 2 nitrogen and oxygen atoms in total. The molecule has 1 N–H and O–H groups in total. The Kier molecular flexibility index (Phi) is 4.83. The summed E-state index contributed by atoms with van der Waals surface area (Å²) in [5.74, 6) is 1.09. The molecular formula is C15H20O2. The van der Waals surface area contributed by atoms with Gasteiger partial charge < -0.3 is 9.84 Å². The fraction of sp³-hybridized carbons (Fsp3) is 0.333. The van der Waals surface area contributed by atoms with Crippen LogP contribution in [0.4, 0.5) is 0 Å².